The van der Waals surface area contributed by atoms with Crippen molar-refractivity contribution in [3.63, 3.8) is 0 Å². The Labute approximate surface area is 200 Å². The van der Waals surface area contributed by atoms with Crippen molar-refractivity contribution in [3.8, 4) is 16.9 Å². The summed E-state index contributed by atoms with van der Waals surface area (Å²) in [7, 11) is 1.34. The average Bonchev–Trinajstić information content (AvgIpc) is 3.29. The van der Waals surface area contributed by atoms with Crippen molar-refractivity contribution in [2.75, 3.05) is 7.11 Å². The van der Waals surface area contributed by atoms with E-state index in [1.165, 1.54) is 17.8 Å². The number of hydrogen-bond acceptors (Lipinski definition) is 4. The van der Waals surface area contributed by atoms with Gasteiger partial charge in [0.25, 0.3) is 0 Å². The third-order valence-corrected chi connectivity index (χ3v) is 6.02. The molecule has 0 bridgehead atoms. The minimum absolute atomic E-state index is 0.270. The van der Waals surface area contributed by atoms with E-state index < -0.39 is 5.97 Å². The van der Waals surface area contributed by atoms with E-state index in [2.05, 4.69) is 5.10 Å². The van der Waals surface area contributed by atoms with Gasteiger partial charge < -0.3 is 9.47 Å². The third-order valence-electron chi connectivity index (χ3n) is 5.46. The second-order valence-electron chi connectivity index (χ2n) is 7.44. The maximum absolute atomic E-state index is 12.6. The van der Waals surface area contributed by atoms with Gasteiger partial charge in [0, 0.05) is 15.8 Å². The summed E-state index contributed by atoms with van der Waals surface area (Å²) < 4.78 is 12.7. The van der Waals surface area contributed by atoms with Crippen LogP contribution in [0.1, 0.15) is 15.9 Å². The number of nitrogens with zero attached hydrogens (tertiary/aromatic N) is 2. The number of carbonyl (C=O) groups excluding carboxylic acids is 1. The van der Waals surface area contributed by atoms with E-state index in [0.29, 0.717) is 28.5 Å². The average molecular weight is 477 g/mol. The van der Waals surface area contributed by atoms with Crippen molar-refractivity contribution in [1.82, 2.24) is 9.61 Å². The predicted molar refractivity (Wildman–Crippen MR) is 130 cm³/mol. The molecule has 0 fully saturated rings. The Hall–Kier alpha value is -3.54. The van der Waals surface area contributed by atoms with Gasteiger partial charge in [-0.1, -0.05) is 83.9 Å². The molecule has 2 aromatic heterocycles. The Bertz CT molecular complexity index is 1500. The largest absolute Gasteiger partial charge is 0.485 e. The van der Waals surface area contributed by atoms with Crippen molar-refractivity contribution in [2.24, 2.45) is 0 Å². The number of ether oxygens (including phenoxy) is 2. The molecule has 5 aromatic rings. The highest BCUT2D eigenvalue weighted by atomic mass is 35.5. The highest BCUT2D eigenvalue weighted by Crippen LogP contribution is 2.42. The molecule has 0 saturated heterocycles. The Balaban J connectivity index is 1.82. The lowest BCUT2D eigenvalue weighted by atomic mass is 9.96. The van der Waals surface area contributed by atoms with Gasteiger partial charge in [-0.2, -0.15) is 5.10 Å². The number of esters is 1. The fourth-order valence-corrected chi connectivity index (χ4v) is 4.44. The summed E-state index contributed by atoms with van der Waals surface area (Å²) in [5.41, 5.74) is 3.62. The van der Waals surface area contributed by atoms with Crippen molar-refractivity contribution < 1.29 is 14.3 Å². The first-order valence-electron chi connectivity index (χ1n) is 10.2. The number of methoxy groups -OCH3 is 1. The lowest BCUT2D eigenvalue weighted by molar-refractivity contribution is 0.0603. The monoisotopic (exact) mass is 476 g/mol. The molecule has 5 nitrogen and oxygen atoms in total. The Morgan fingerprint density at radius 3 is 2.55 bits per heavy atom. The first kappa shape index (κ1) is 21.3. The van der Waals surface area contributed by atoms with Gasteiger partial charge >= 0.3 is 5.97 Å². The molecular formula is C26H18Cl2N2O3. The first-order valence-corrected chi connectivity index (χ1v) is 11.0. The molecule has 0 amide bonds. The van der Waals surface area contributed by atoms with E-state index in [4.69, 9.17) is 32.7 Å². The van der Waals surface area contributed by atoms with Gasteiger partial charge in [0.2, 0.25) is 0 Å². The molecular weight excluding hydrogens is 459 g/mol. The van der Waals surface area contributed by atoms with Crippen LogP contribution in [0, 0.1) is 0 Å². The number of rotatable bonds is 5. The topological polar surface area (TPSA) is 52.8 Å². The second kappa shape index (κ2) is 8.77. The van der Waals surface area contributed by atoms with Gasteiger partial charge in [0.05, 0.1) is 18.8 Å². The smallest absolute Gasteiger partial charge is 0.341 e. The predicted octanol–water partition coefficient (Wildman–Crippen LogP) is 6.83. The fraction of sp³-hybridized carbons (Fsp3) is 0.0769. The van der Waals surface area contributed by atoms with E-state index in [-0.39, 0.29) is 5.15 Å². The molecule has 0 N–H and O–H groups in total. The minimum atomic E-state index is -0.499. The van der Waals surface area contributed by atoms with Crippen LogP contribution in [-0.4, -0.2) is 22.7 Å². The zero-order valence-electron chi connectivity index (χ0n) is 17.6. The SMILES string of the molecule is COC(=O)c1cnn2c(Cl)c(OCc3ccccc3)c3cccc(-c4cccc(Cl)c4)c3c12. The number of benzene rings is 3. The number of hydrogen-bond donors (Lipinski definition) is 0. The van der Waals surface area contributed by atoms with E-state index >= 15 is 0 Å². The maximum atomic E-state index is 12.6. The highest BCUT2D eigenvalue weighted by Gasteiger charge is 2.24. The zero-order chi connectivity index (χ0) is 22.9. The van der Waals surface area contributed by atoms with Crippen LogP contribution < -0.4 is 4.74 Å². The van der Waals surface area contributed by atoms with Gasteiger partial charge in [-0.15, -0.1) is 0 Å². The fourth-order valence-electron chi connectivity index (χ4n) is 3.96. The summed E-state index contributed by atoms with van der Waals surface area (Å²) in [4.78, 5) is 12.6. The van der Waals surface area contributed by atoms with Crippen LogP contribution in [0.15, 0.2) is 79.0 Å². The number of fused-ring (bicyclic) bond motifs is 3. The first-order chi connectivity index (χ1) is 16.1. The Kier molecular flexibility index (Phi) is 5.67. The molecule has 0 aliphatic carbocycles. The zero-order valence-corrected chi connectivity index (χ0v) is 19.1. The third kappa shape index (κ3) is 3.80. The van der Waals surface area contributed by atoms with Gasteiger partial charge in [-0.05, 0) is 28.8 Å². The summed E-state index contributed by atoms with van der Waals surface area (Å²) in [6, 6.07) is 23.2. The summed E-state index contributed by atoms with van der Waals surface area (Å²) in [6.07, 6.45) is 1.46. The maximum Gasteiger partial charge on any atom is 0.341 e. The van der Waals surface area contributed by atoms with Gasteiger partial charge in [0.1, 0.15) is 12.2 Å². The normalized spacial score (nSPS) is 11.1. The molecule has 5 rings (SSSR count). The van der Waals surface area contributed by atoms with E-state index in [0.717, 1.165) is 27.5 Å². The van der Waals surface area contributed by atoms with Crippen molar-refractivity contribution in [1.29, 1.82) is 0 Å². The van der Waals surface area contributed by atoms with Crippen molar-refractivity contribution >= 4 is 45.5 Å². The van der Waals surface area contributed by atoms with E-state index in [1.807, 2.05) is 72.8 Å². The Morgan fingerprint density at radius 1 is 1.00 bits per heavy atom. The molecule has 0 saturated carbocycles. The van der Waals surface area contributed by atoms with Crippen LogP contribution in [0.5, 0.6) is 5.75 Å². The van der Waals surface area contributed by atoms with Crippen LogP contribution in [0.4, 0.5) is 0 Å². The molecule has 0 aliphatic rings. The molecule has 0 spiro atoms. The van der Waals surface area contributed by atoms with E-state index in [9.17, 15) is 4.79 Å². The molecule has 0 aliphatic heterocycles. The molecule has 2 heterocycles. The summed E-state index contributed by atoms with van der Waals surface area (Å²) >= 11 is 13.1. The van der Waals surface area contributed by atoms with Crippen LogP contribution in [-0.2, 0) is 11.3 Å². The standard InChI is InChI=1S/C26H18Cl2N2O3/c1-32-26(31)21-14-29-30-23(21)22-19(17-9-5-10-18(27)13-17)11-6-12-20(22)24(25(30)28)33-15-16-7-3-2-4-8-16/h2-14H,15H2,1H3. The number of pyridine rings is 1. The lowest BCUT2D eigenvalue weighted by Gasteiger charge is -2.16. The number of halogens is 2. The summed E-state index contributed by atoms with van der Waals surface area (Å²) in [6.45, 7) is 0.327. The van der Waals surface area contributed by atoms with Gasteiger partial charge in [0.15, 0.2) is 10.9 Å². The summed E-state index contributed by atoms with van der Waals surface area (Å²) in [5, 5.41) is 6.79. The summed E-state index contributed by atoms with van der Waals surface area (Å²) in [5.74, 6) is -0.0207. The van der Waals surface area contributed by atoms with Gasteiger partial charge in [-0.25, -0.2) is 9.31 Å². The quantitative estimate of drug-likeness (QED) is 0.206. The number of carbonyl (C=O) groups is 1. The minimum Gasteiger partial charge on any atom is -0.485 e. The Morgan fingerprint density at radius 2 is 1.79 bits per heavy atom. The lowest BCUT2D eigenvalue weighted by Crippen LogP contribution is -2.04. The molecule has 164 valence electrons. The van der Waals surface area contributed by atoms with Crippen molar-refractivity contribution in [3.05, 3.63) is 100 Å². The van der Waals surface area contributed by atoms with Crippen molar-refractivity contribution in [2.45, 2.75) is 6.61 Å². The molecule has 7 heteroatoms. The van der Waals surface area contributed by atoms with Crippen LogP contribution in [0.2, 0.25) is 10.2 Å². The molecule has 3 aromatic carbocycles. The van der Waals surface area contributed by atoms with Crippen LogP contribution >= 0.6 is 23.2 Å². The van der Waals surface area contributed by atoms with E-state index in [1.54, 1.807) is 0 Å². The molecule has 0 radical (unpaired) electrons. The molecule has 0 atom stereocenters. The molecule has 33 heavy (non-hydrogen) atoms. The van der Waals surface area contributed by atoms with Crippen LogP contribution in [0.25, 0.3) is 27.4 Å². The second-order valence-corrected chi connectivity index (χ2v) is 8.24. The highest BCUT2D eigenvalue weighted by molar-refractivity contribution is 6.34. The number of aromatic nitrogens is 2. The molecule has 0 unspecified atom stereocenters. The van der Waals surface area contributed by atoms with Gasteiger partial charge in [-0.3, -0.25) is 0 Å². The van der Waals surface area contributed by atoms with Crippen LogP contribution in [0.3, 0.4) is 0 Å².